The van der Waals surface area contributed by atoms with Crippen molar-refractivity contribution in [3.05, 3.63) is 34.4 Å². The zero-order valence-electron chi connectivity index (χ0n) is 10.4. The Hall–Kier alpha value is -1.51. The first-order valence-electron chi connectivity index (χ1n) is 6.40. The third-order valence-electron chi connectivity index (χ3n) is 4.39. The van der Waals surface area contributed by atoms with Crippen molar-refractivity contribution in [3.8, 4) is 0 Å². The van der Waals surface area contributed by atoms with Crippen LogP contribution in [-0.2, 0) is 14.8 Å². The van der Waals surface area contributed by atoms with E-state index in [0.717, 1.165) is 6.42 Å². The maximum absolute atomic E-state index is 12.6. The van der Waals surface area contributed by atoms with Crippen molar-refractivity contribution in [1.29, 1.82) is 0 Å². The van der Waals surface area contributed by atoms with Crippen molar-refractivity contribution in [2.24, 2.45) is 5.92 Å². The van der Waals surface area contributed by atoms with Gasteiger partial charge in [-0.1, -0.05) is 0 Å². The number of hydrogen-bond acceptors (Lipinski definition) is 5. The molecule has 0 aromatic heterocycles. The van der Waals surface area contributed by atoms with Crippen LogP contribution in [0.4, 0.5) is 5.69 Å². The van der Waals surface area contributed by atoms with Gasteiger partial charge >= 0.3 is 0 Å². The lowest BCUT2D eigenvalue weighted by Gasteiger charge is -2.24. The average molecular weight is 296 g/mol. The van der Waals surface area contributed by atoms with Gasteiger partial charge in [0.15, 0.2) is 0 Å². The van der Waals surface area contributed by atoms with Crippen LogP contribution in [0, 0.1) is 16.0 Å². The number of nitro benzene ring substituents is 1. The summed E-state index contributed by atoms with van der Waals surface area (Å²) < 4.78 is 32.1. The van der Waals surface area contributed by atoms with Crippen LogP contribution in [0.1, 0.15) is 6.42 Å². The number of hydrogen-bond donors (Lipinski definition) is 0. The van der Waals surface area contributed by atoms with Gasteiger partial charge in [-0.3, -0.25) is 10.1 Å². The molecule has 2 heterocycles. The molecule has 2 bridgehead atoms. The van der Waals surface area contributed by atoms with Gasteiger partial charge in [-0.2, -0.15) is 4.31 Å². The molecule has 3 fully saturated rings. The molecule has 0 amide bonds. The third-order valence-corrected chi connectivity index (χ3v) is 6.29. The number of sulfonamides is 1. The molecule has 0 N–H and O–H groups in total. The largest absolute Gasteiger partial charge is 0.367 e. The highest BCUT2D eigenvalue weighted by atomic mass is 32.2. The summed E-state index contributed by atoms with van der Waals surface area (Å²) in [5.41, 5.74) is -0.113. The second-order valence-electron chi connectivity index (χ2n) is 5.45. The number of fused-ring (bicyclic) bond motifs is 5. The van der Waals surface area contributed by atoms with Crippen LogP contribution in [0.15, 0.2) is 29.2 Å². The highest BCUT2D eigenvalue weighted by Gasteiger charge is 2.65. The zero-order valence-corrected chi connectivity index (χ0v) is 11.2. The number of rotatable bonds is 3. The first-order valence-corrected chi connectivity index (χ1v) is 7.84. The predicted molar refractivity (Wildman–Crippen MR) is 67.5 cm³/mol. The molecule has 8 heteroatoms. The van der Waals surface area contributed by atoms with Crippen LogP contribution in [0.25, 0.3) is 0 Å². The average Bonchev–Trinajstić information content (AvgIpc) is 3.03. The molecule has 4 unspecified atom stereocenters. The van der Waals surface area contributed by atoms with Crippen molar-refractivity contribution in [2.75, 3.05) is 6.54 Å². The van der Waals surface area contributed by atoms with Gasteiger partial charge in [-0.15, -0.1) is 0 Å². The summed E-state index contributed by atoms with van der Waals surface area (Å²) in [6, 6.07) is 4.97. The molecule has 4 atom stereocenters. The molecule has 1 aromatic carbocycles. The van der Waals surface area contributed by atoms with E-state index in [0.29, 0.717) is 12.5 Å². The molecule has 4 rings (SSSR count). The summed E-state index contributed by atoms with van der Waals surface area (Å²) in [6.07, 6.45) is 1.17. The number of nitrogens with zero attached hydrogens (tertiary/aromatic N) is 2. The molecule has 3 aliphatic rings. The maximum Gasteiger partial charge on any atom is 0.269 e. The van der Waals surface area contributed by atoms with Crippen LogP contribution >= 0.6 is 0 Å². The standard InChI is InChI=1S/C12H12N2O5S/c15-14(16)8-1-3-9(4-2-8)20(17,18)13-6-7-5-10(13)12-11(7)19-12/h1-4,7,10-12H,5-6H2. The van der Waals surface area contributed by atoms with Crippen molar-refractivity contribution in [2.45, 2.75) is 29.6 Å². The molecule has 1 aromatic rings. The monoisotopic (exact) mass is 296 g/mol. The second-order valence-corrected chi connectivity index (χ2v) is 7.34. The maximum atomic E-state index is 12.6. The molecule has 2 saturated heterocycles. The van der Waals surface area contributed by atoms with Gasteiger partial charge in [0.05, 0.1) is 22.0 Å². The lowest BCUT2D eigenvalue weighted by Crippen LogP contribution is -2.41. The number of piperidine rings is 1. The van der Waals surface area contributed by atoms with Gasteiger partial charge in [0.2, 0.25) is 10.0 Å². The van der Waals surface area contributed by atoms with Gasteiger partial charge < -0.3 is 4.74 Å². The van der Waals surface area contributed by atoms with E-state index in [2.05, 4.69) is 0 Å². The fourth-order valence-corrected chi connectivity index (χ4v) is 5.08. The van der Waals surface area contributed by atoms with Crippen LogP contribution < -0.4 is 0 Å². The van der Waals surface area contributed by atoms with E-state index >= 15 is 0 Å². The number of nitro groups is 1. The Morgan fingerprint density at radius 3 is 2.50 bits per heavy atom. The number of ether oxygens (including phenoxy) is 1. The predicted octanol–water partition coefficient (Wildman–Crippen LogP) is 0.755. The highest BCUT2D eigenvalue weighted by Crippen LogP contribution is 2.52. The van der Waals surface area contributed by atoms with Gasteiger partial charge in [0.25, 0.3) is 5.69 Å². The Kier molecular flexibility index (Phi) is 2.31. The van der Waals surface area contributed by atoms with Gasteiger partial charge in [-0.25, -0.2) is 8.42 Å². The number of epoxide rings is 1. The molecular formula is C12H12N2O5S. The Morgan fingerprint density at radius 1 is 1.25 bits per heavy atom. The van der Waals surface area contributed by atoms with Crippen molar-refractivity contribution in [1.82, 2.24) is 4.31 Å². The van der Waals surface area contributed by atoms with Crippen molar-refractivity contribution >= 4 is 15.7 Å². The van der Waals surface area contributed by atoms with E-state index in [9.17, 15) is 18.5 Å². The van der Waals surface area contributed by atoms with E-state index in [1.807, 2.05) is 0 Å². The number of non-ortho nitro benzene ring substituents is 1. The fraction of sp³-hybridized carbons (Fsp3) is 0.500. The molecule has 1 aliphatic carbocycles. The minimum absolute atomic E-state index is 0.0570. The lowest BCUT2D eigenvalue weighted by molar-refractivity contribution is -0.384. The lowest BCUT2D eigenvalue weighted by atomic mass is 10.1. The van der Waals surface area contributed by atoms with E-state index in [-0.39, 0.29) is 28.8 Å². The molecular weight excluding hydrogens is 284 g/mol. The quantitative estimate of drug-likeness (QED) is 0.466. The van der Waals surface area contributed by atoms with Crippen LogP contribution in [0.5, 0.6) is 0 Å². The van der Waals surface area contributed by atoms with Gasteiger partial charge in [0.1, 0.15) is 6.10 Å². The molecule has 2 aliphatic heterocycles. The summed E-state index contributed by atoms with van der Waals surface area (Å²) in [6.45, 7) is 0.491. The minimum Gasteiger partial charge on any atom is -0.367 e. The van der Waals surface area contributed by atoms with Crippen molar-refractivity contribution < 1.29 is 18.1 Å². The first-order chi connectivity index (χ1) is 9.48. The molecule has 20 heavy (non-hydrogen) atoms. The summed E-state index contributed by atoms with van der Waals surface area (Å²) >= 11 is 0. The van der Waals surface area contributed by atoms with E-state index in [1.165, 1.54) is 28.6 Å². The van der Waals surface area contributed by atoms with Gasteiger partial charge in [0, 0.05) is 24.6 Å². The highest BCUT2D eigenvalue weighted by molar-refractivity contribution is 7.89. The SMILES string of the molecule is O=[N+]([O-])c1ccc(S(=O)(=O)N2CC3CC2C2OC32)cc1. The van der Waals surface area contributed by atoms with Gasteiger partial charge in [-0.05, 0) is 18.6 Å². The van der Waals surface area contributed by atoms with Crippen LogP contribution in [-0.4, -0.2) is 42.4 Å². The van der Waals surface area contributed by atoms with E-state index < -0.39 is 14.9 Å². The Morgan fingerprint density at radius 2 is 1.95 bits per heavy atom. The summed E-state index contributed by atoms with van der Waals surface area (Å²) in [5, 5.41) is 10.6. The Labute approximate surface area is 115 Å². The van der Waals surface area contributed by atoms with Crippen LogP contribution in [0.3, 0.4) is 0 Å². The second kappa shape index (κ2) is 3.78. The van der Waals surface area contributed by atoms with Crippen LogP contribution in [0.2, 0.25) is 0 Å². The smallest absolute Gasteiger partial charge is 0.269 e. The summed E-state index contributed by atoms with van der Waals surface area (Å²) in [5.74, 6) is 0.304. The minimum atomic E-state index is -3.59. The molecule has 0 radical (unpaired) electrons. The topological polar surface area (TPSA) is 93.0 Å². The summed E-state index contributed by atoms with van der Waals surface area (Å²) in [4.78, 5) is 10.2. The normalized spacial score (nSPS) is 35.0. The Balaban J connectivity index is 1.65. The summed E-state index contributed by atoms with van der Waals surface area (Å²) in [7, 11) is -3.59. The first kappa shape index (κ1) is 12.2. The van der Waals surface area contributed by atoms with Crippen molar-refractivity contribution in [3.63, 3.8) is 0 Å². The zero-order chi connectivity index (χ0) is 14.1. The number of benzene rings is 1. The fourth-order valence-electron chi connectivity index (χ4n) is 3.38. The Bertz CT molecular complexity index is 686. The third kappa shape index (κ3) is 1.55. The molecule has 106 valence electrons. The molecule has 0 spiro atoms. The molecule has 7 nitrogen and oxygen atoms in total. The molecule has 1 saturated carbocycles. The van der Waals surface area contributed by atoms with E-state index in [4.69, 9.17) is 4.74 Å². The van der Waals surface area contributed by atoms with E-state index in [1.54, 1.807) is 0 Å².